The Morgan fingerprint density at radius 2 is 2.00 bits per heavy atom. The summed E-state index contributed by atoms with van der Waals surface area (Å²) in [6.07, 6.45) is 3.04. The number of aromatic nitrogens is 3. The molecule has 0 spiro atoms. The first kappa shape index (κ1) is 25.1. The van der Waals surface area contributed by atoms with Crippen LogP contribution in [-0.4, -0.2) is 63.3 Å². The average Bonchev–Trinajstić information content (AvgIpc) is 3.64. The Kier molecular flexibility index (Phi) is 7.05. The van der Waals surface area contributed by atoms with E-state index in [0.717, 1.165) is 12.8 Å². The summed E-state index contributed by atoms with van der Waals surface area (Å²) in [5.74, 6) is -0.456. The molecule has 2 aliphatic rings. The minimum Gasteiger partial charge on any atom is -0.493 e. The number of H-pyrrole nitrogens is 1. The van der Waals surface area contributed by atoms with Crippen LogP contribution < -0.4 is 15.4 Å². The third-order valence-corrected chi connectivity index (χ3v) is 6.96. The van der Waals surface area contributed by atoms with Gasteiger partial charge in [0, 0.05) is 23.7 Å². The topological polar surface area (TPSA) is 129 Å². The van der Waals surface area contributed by atoms with Crippen molar-refractivity contribution in [1.82, 2.24) is 25.6 Å². The predicted molar refractivity (Wildman–Crippen MR) is 131 cm³/mol. The van der Waals surface area contributed by atoms with Crippen molar-refractivity contribution in [2.45, 2.75) is 57.3 Å². The summed E-state index contributed by atoms with van der Waals surface area (Å²) >= 11 is 0. The normalized spacial score (nSPS) is 21.6. The third-order valence-electron chi connectivity index (χ3n) is 6.96. The van der Waals surface area contributed by atoms with Crippen LogP contribution >= 0.6 is 0 Å². The van der Waals surface area contributed by atoms with Gasteiger partial charge in [-0.2, -0.15) is 0 Å². The molecule has 196 valence electrons. The monoisotopic (exact) mass is 513 g/mol. The number of hydrogen-bond acceptors (Lipinski definition) is 6. The van der Waals surface area contributed by atoms with Crippen LogP contribution in [0.2, 0.25) is 0 Å². The zero-order valence-corrected chi connectivity index (χ0v) is 20.4. The minimum atomic E-state index is -1.35. The molecular weight excluding hydrogens is 484 g/mol. The number of fused-ring (bicyclic) bond motifs is 1. The number of hydrogen-bond donors (Lipinski definition) is 4. The van der Waals surface area contributed by atoms with E-state index < -0.39 is 42.5 Å². The maximum atomic E-state index is 14.6. The highest BCUT2D eigenvalue weighted by atomic mass is 19.1. The van der Waals surface area contributed by atoms with Gasteiger partial charge >= 0.3 is 0 Å². The van der Waals surface area contributed by atoms with Crippen molar-refractivity contribution in [2.24, 2.45) is 5.92 Å². The Bertz CT molecular complexity index is 1330. The number of carbonyl (C=O) groups is 2. The lowest BCUT2D eigenvalue weighted by Crippen LogP contribution is -2.50. The van der Waals surface area contributed by atoms with Crippen LogP contribution in [0.25, 0.3) is 22.3 Å². The minimum absolute atomic E-state index is 0.0364. The van der Waals surface area contributed by atoms with Gasteiger partial charge in [0.2, 0.25) is 5.91 Å². The van der Waals surface area contributed by atoms with Crippen LogP contribution in [0.1, 0.15) is 48.2 Å². The molecule has 5 rings (SSSR count). The van der Waals surface area contributed by atoms with Crippen molar-refractivity contribution in [2.75, 3.05) is 13.2 Å². The fourth-order valence-corrected chi connectivity index (χ4v) is 4.83. The molecule has 2 fully saturated rings. The number of nitrogens with zero attached hydrogens (tertiary/aromatic N) is 2. The van der Waals surface area contributed by atoms with Gasteiger partial charge in [0.25, 0.3) is 5.91 Å². The molecule has 1 aromatic carbocycles. The van der Waals surface area contributed by atoms with E-state index in [1.807, 2.05) is 0 Å². The van der Waals surface area contributed by atoms with E-state index in [1.165, 1.54) is 18.5 Å². The maximum Gasteiger partial charge on any atom is 0.255 e. The zero-order chi connectivity index (χ0) is 26.1. The highest BCUT2D eigenvalue weighted by Gasteiger charge is 2.33. The van der Waals surface area contributed by atoms with E-state index in [0.29, 0.717) is 64.7 Å². The van der Waals surface area contributed by atoms with Crippen molar-refractivity contribution < 1.29 is 28.2 Å². The van der Waals surface area contributed by atoms with Crippen molar-refractivity contribution in [3.05, 3.63) is 41.6 Å². The van der Waals surface area contributed by atoms with Gasteiger partial charge in [-0.15, -0.1) is 0 Å². The number of ether oxygens (including phenoxy) is 1. The zero-order valence-electron chi connectivity index (χ0n) is 20.4. The van der Waals surface area contributed by atoms with Crippen molar-refractivity contribution in [3.63, 3.8) is 0 Å². The largest absolute Gasteiger partial charge is 0.493 e. The molecule has 11 heteroatoms. The standard InChI is InChI=1S/C26H29F2N5O4/c1-13-22(26(36)32-16-5-6-19(18(28)9-16)33-21(35)10-34)24-25(31-13)23(29-12-30-24)17-8-15(27)4-7-20(17)37-11-14-2-3-14/h4,7-8,12,14,16,18-19,31,34H,2-3,5-6,9-11H2,1H3,(H,32,36)(H,33,35). The molecule has 0 saturated heterocycles. The van der Waals surface area contributed by atoms with Gasteiger partial charge in [-0.1, -0.05) is 0 Å². The van der Waals surface area contributed by atoms with Gasteiger partial charge in [0.15, 0.2) is 0 Å². The average molecular weight is 514 g/mol. The van der Waals surface area contributed by atoms with Crippen LogP contribution in [-0.2, 0) is 4.79 Å². The number of aliphatic hydroxyl groups excluding tert-OH is 1. The molecule has 2 amide bonds. The fraction of sp³-hybridized carbons (Fsp3) is 0.462. The Labute approximate surface area is 212 Å². The van der Waals surface area contributed by atoms with Crippen LogP contribution in [0.5, 0.6) is 5.75 Å². The van der Waals surface area contributed by atoms with Crippen molar-refractivity contribution >= 4 is 22.8 Å². The van der Waals surface area contributed by atoms with E-state index in [2.05, 4.69) is 25.6 Å². The number of aromatic amines is 1. The molecule has 0 bridgehead atoms. The molecule has 2 aliphatic carbocycles. The summed E-state index contributed by atoms with van der Waals surface area (Å²) in [6, 6.07) is 3.15. The number of benzene rings is 1. The summed E-state index contributed by atoms with van der Waals surface area (Å²) < 4.78 is 34.8. The number of halogens is 2. The summed E-state index contributed by atoms with van der Waals surface area (Å²) in [5, 5.41) is 14.2. The summed E-state index contributed by atoms with van der Waals surface area (Å²) in [5.41, 5.74) is 2.59. The quantitative estimate of drug-likeness (QED) is 0.367. The molecule has 37 heavy (non-hydrogen) atoms. The van der Waals surface area contributed by atoms with Gasteiger partial charge < -0.3 is 25.5 Å². The molecule has 9 nitrogen and oxygen atoms in total. The summed E-state index contributed by atoms with van der Waals surface area (Å²) in [4.78, 5) is 36.5. The lowest BCUT2D eigenvalue weighted by Gasteiger charge is -2.32. The lowest BCUT2D eigenvalue weighted by atomic mass is 9.89. The highest BCUT2D eigenvalue weighted by Crippen LogP contribution is 2.37. The van der Waals surface area contributed by atoms with Crippen LogP contribution in [0.15, 0.2) is 24.5 Å². The van der Waals surface area contributed by atoms with Crippen molar-refractivity contribution in [3.8, 4) is 17.0 Å². The Hall–Kier alpha value is -3.60. The molecule has 3 unspecified atom stereocenters. The maximum absolute atomic E-state index is 14.6. The number of carbonyl (C=O) groups excluding carboxylic acids is 2. The van der Waals surface area contributed by atoms with Gasteiger partial charge in [0.1, 0.15) is 41.9 Å². The molecule has 2 aromatic heterocycles. The highest BCUT2D eigenvalue weighted by molar-refractivity contribution is 6.09. The Morgan fingerprint density at radius 1 is 1.19 bits per heavy atom. The molecule has 0 aliphatic heterocycles. The van der Waals surface area contributed by atoms with Crippen molar-refractivity contribution in [1.29, 1.82) is 0 Å². The number of aliphatic hydroxyl groups is 1. The van der Waals surface area contributed by atoms with Gasteiger partial charge in [-0.3, -0.25) is 9.59 Å². The molecule has 0 radical (unpaired) electrons. The predicted octanol–water partition coefficient (Wildman–Crippen LogP) is 2.96. The SMILES string of the molecule is Cc1[nH]c2c(-c3cc(F)ccc3OCC3CC3)ncnc2c1C(=O)NC1CCC(NC(=O)CO)C(F)C1. The first-order chi connectivity index (χ1) is 17.8. The van der Waals surface area contributed by atoms with Gasteiger partial charge in [-0.05, 0) is 56.7 Å². The van der Waals surface area contributed by atoms with E-state index in [1.54, 1.807) is 13.0 Å². The molecule has 2 heterocycles. The smallest absolute Gasteiger partial charge is 0.255 e. The van der Waals surface area contributed by atoms with Gasteiger partial charge in [-0.25, -0.2) is 18.7 Å². The Balaban J connectivity index is 1.38. The molecule has 3 atom stereocenters. The second-order valence-corrected chi connectivity index (χ2v) is 9.80. The number of nitrogens with one attached hydrogen (secondary N) is 3. The first-order valence-electron chi connectivity index (χ1n) is 12.4. The third kappa shape index (κ3) is 5.41. The van der Waals surface area contributed by atoms with Crippen LogP contribution in [0, 0.1) is 18.7 Å². The molecule has 3 aromatic rings. The Morgan fingerprint density at radius 3 is 2.73 bits per heavy atom. The van der Waals surface area contributed by atoms with Gasteiger partial charge in [0.05, 0.1) is 23.7 Å². The van der Waals surface area contributed by atoms with E-state index in [4.69, 9.17) is 9.84 Å². The summed E-state index contributed by atoms with van der Waals surface area (Å²) in [7, 11) is 0. The van der Waals surface area contributed by atoms with Crippen LogP contribution in [0.3, 0.4) is 0 Å². The summed E-state index contributed by atoms with van der Waals surface area (Å²) in [6.45, 7) is 1.58. The van der Waals surface area contributed by atoms with E-state index >= 15 is 0 Å². The molecule has 4 N–H and O–H groups in total. The fourth-order valence-electron chi connectivity index (χ4n) is 4.83. The second kappa shape index (κ2) is 10.4. The first-order valence-corrected chi connectivity index (χ1v) is 12.4. The number of amides is 2. The number of alkyl halides is 1. The van der Waals surface area contributed by atoms with E-state index in [9.17, 15) is 18.4 Å². The number of aryl methyl sites for hydroxylation is 1. The van der Waals surface area contributed by atoms with Crippen LogP contribution in [0.4, 0.5) is 8.78 Å². The molecular formula is C26H29F2N5O4. The molecule has 2 saturated carbocycles. The lowest BCUT2D eigenvalue weighted by molar-refractivity contribution is -0.125. The second-order valence-electron chi connectivity index (χ2n) is 9.80. The number of rotatable bonds is 8. The van der Waals surface area contributed by atoms with E-state index in [-0.39, 0.29) is 6.42 Å².